The van der Waals surface area contributed by atoms with Crippen LogP contribution in [0.25, 0.3) is 21.9 Å². The average Bonchev–Trinajstić information content (AvgIpc) is 3.63. The Balaban J connectivity index is 1.27. The minimum absolute atomic E-state index is 0.0612. The number of carbonyl (C=O) groups is 2. The normalized spacial score (nSPS) is 17.9. The zero-order valence-electron chi connectivity index (χ0n) is 19.3. The first-order valence-electron chi connectivity index (χ1n) is 11.9. The van der Waals surface area contributed by atoms with E-state index in [4.69, 9.17) is 5.73 Å². The summed E-state index contributed by atoms with van der Waals surface area (Å²) in [6.45, 7) is 2.04. The van der Waals surface area contributed by atoms with E-state index in [-0.39, 0.29) is 17.7 Å². The summed E-state index contributed by atoms with van der Waals surface area (Å²) in [6, 6.07) is 8.17. The maximum atomic E-state index is 12.6. The number of benzene rings is 1. The van der Waals surface area contributed by atoms with Crippen LogP contribution in [0.15, 0.2) is 54.5 Å². The number of hydrogen-bond donors (Lipinski definition) is 3. The summed E-state index contributed by atoms with van der Waals surface area (Å²) in [5, 5.41) is 7.71. The molecular formula is C27H29N5O2. The molecule has 0 bridgehead atoms. The fourth-order valence-electron chi connectivity index (χ4n) is 4.57. The zero-order valence-corrected chi connectivity index (χ0v) is 19.3. The highest BCUT2D eigenvalue weighted by Crippen LogP contribution is 2.32. The number of amides is 2. The molecule has 0 aliphatic heterocycles. The molecule has 2 saturated carbocycles. The molecule has 5 rings (SSSR count). The van der Waals surface area contributed by atoms with Crippen LogP contribution in [0.5, 0.6) is 0 Å². The summed E-state index contributed by atoms with van der Waals surface area (Å²) in [6.07, 6.45) is 12.3. The van der Waals surface area contributed by atoms with Crippen molar-refractivity contribution in [3.8, 4) is 11.1 Å². The van der Waals surface area contributed by atoms with E-state index in [0.29, 0.717) is 17.5 Å². The molecule has 1 aromatic carbocycles. The molecule has 0 unspecified atom stereocenters. The molecule has 2 aliphatic carbocycles. The second-order valence-electron chi connectivity index (χ2n) is 9.40. The number of carbonyl (C=O) groups excluding carboxylic acids is 2. The quantitative estimate of drug-likeness (QED) is 0.387. The molecule has 2 aliphatic rings. The van der Waals surface area contributed by atoms with E-state index in [1.54, 1.807) is 18.5 Å². The van der Waals surface area contributed by atoms with E-state index in [1.807, 2.05) is 37.4 Å². The lowest BCUT2D eigenvalue weighted by molar-refractivity contribution is -0.125. The average molecular weight is 456 g/mol. The molecule has 2 aromatic heterocycles. The molecule has 7 heteroatoms. The van der Waals surface area contributed by atoms with Gasteiger partial charge in [-0.1, -0.05) is 5.57 Å². The highest BCUT2D eigenvalue weighted by atomic mass is 16.2. The highest BCUT2D eigenvalue weighted by molar-refractivity contribution is 6.02. The monoisotopic (exact) mass is 455 g/mol. The van der Waals surface area contributed by atoms with E-state index in [0.717, 1.165) is 71.6 Å². The van der Waals surface area contributed by atoms with Crippen molar-refractivity contribution in [2.24, 2.45) is 5.92 Å². The number of anilines is 2. The van der Waals surface area contributed by atoms with Crippen molar-refractivity contribution in [1.82, 2.24) is 15.3 Å². The molecular weight excluding hydrogens is 426 g/mol. The summed E-state index contributed by atoms with van der Waals surface area (Å²) in [5.41, 5.74) is 11.1. The van der Waals surface area contributed by atoms with Crippen LogP contribution >= 0.6 is 0 Å². The molecule has 2 fully saturated rings. The van der Waals surface area contributed by atoms with Gasteiger partial charge in [0.2, 0.25) is 11.8 Å². The molecule has 4 N–H and O–H groups in total. The first kappa shape index (κ1) is 22.1. The third kappa shape index (κ3) is 4.93. The number of pyridine rings is 2. The first-order valence-corrected chi connectivity index (χ1v) is 11.9. The minimum Gasteiger partial charge on any atom is -0.398 e. The van der Waals surface area contributed by atoms with Crippen LogP contribution in [-0.4, -0.2) is 27.8 Å². The van der Waals surface area contributed by atoms with Crippen LogP contribution in [0, 0.1) is 12.8 Å². The number of allylic oxidation sites excluding steroid dienone is 1. The Morgan fingerprint density at radius 3 is 2.62 bits per heavy atom. The number of aryl methyl sites for hydroxylation is 1. The van der Waals surface area contributed by atoms with Crippen LogP contribution in [0.1, 0.15) is 44.1 Å². The number of nitrogens with two attached hydrogens (primary N) is 1. The Labute approximate surface area is 198 Å². The predicted molar refractivity (Wildman–Crippen MR) is 134 cm³/mol. The molecule has 174 valence electrons. The van der Waals surface area contributed by atoms with E-state index < -0.39 is 0 Å². The second-order valence-corrected chi connectivity index (χ2v) is 9.40. The number of fused-ring (bicyclic) bond motifs is 1. The molecule has 2 amide bonds. The maximum Gasteiger partial charge on any atom is 0.249 e. The molecule has 7 nitrogen and oxygen atoms in total. The van der Waals surface area contributed by atoms with Crippen molar-refractivity contribution in [2.75, 3.05) is 11.1 Å². The van der Waals surface area contributed by atoms with Gasteiger partial charge in [-0.3, -0.25) is 14.6 Å². The van der Waals surface area contributed by atoms with Gasteiger partial charge in [0.1, 0.15) is 5.82 Å². The fraction of sp³-hybridized carbons (Fsp3) is 0.333. The molecule has 0 atom stereocenters. The standard InChI is InChI=1S/C27H29N5O2/c1-16-8-9-29-14-22(16)19-11-20-13-25(30-15-23(20)24(28)12-19)32-26(33)10-17-2-4-18(5-3-17)27(34)31-21-6-7-21/h8-15,18,21H,2-7,28H2,1H3,(H,31,34)(H,30,32,33). The lowest BCUT2D eigenvalue weighted by atomic mass is 9.85. The van der Waals surface area contributed by atoms with Gasteiger partial charge in [-0.15, -0.1) is 0 Å². The molecule has 0 radical (unpaired) electrons. The number of aromatic nitrogens is 2. The number of nitrogens with one attached hydrogen (secondary N) is 2. The maximum absolute atomic E-state index is 12.6. The van der Waals surface area contributed by atoms with Crippen molar-refractivity contribution < 1.29 is 9.59 Å². The van der Waals surface area contributed by atoms with E-state index >= 15 is 0 Å². The number of hydrogen-bond acceptors (Lipinski definition) is 5. The van der Waals surface area contributed by atoms with Gasteiger partial charge in [-0.2, -0.15) is 0 Å². The Hall–Kier alpha value is -3.74. The Bertz CT molecular complexity index is 1290. The van der Waals surface area contributed by atoms with Crippen LogP contribution in [0.4, 0.5) is 11.5 Å². The molecule has 34 heavy (non-hydrogen) atoms. The summed E-state index contributed by atoms with van der Waals surface area (Å²) in [7, 11) is 0. The summed E-state index contributed by atoms with van der Waals surface area (Å²) in [4.78, 5) is 33.5. The summed E-state index contributed by atoms with van der Waals surface area (Å²) < 4.78 is 0. The topological polar surface area (TPSA) is 110 Å². The van der Waals surface area contributed by atoms with E-state index in [9.17, 15) is 9.59 Å². The zero-order chi connectivity index (χ0) is 23.7. The van der Waals surface area contributed by atoms with Crippen LogP contribution in [-0.2, 0) is 9.59 Å². The van der Waals surface area contributed by atoms with Crippen LogP contribution in [0.2, 0.25) is 0 Å². The Morgan fingerprint density at radius 2 is 1.88 bits per heavy atom. The molecule has 0 spiro atoms. The number of nitrogen functional groups attached to an aromatic ring is 1. The molecule has 2 heterocycles. The van der Waals surface area contributed by atoms with Gasteiger partial charge < -0.3 is 16.4 Å². The first-order chi connectivity index (χ1) is 16.5. The van der Waals surface area contributed by atoms with Crippen LogP contribution < -0.4 is 16.4 Å². The molecule has 3 aromatic rings. The van der Waals surface area contributed by atoms with Gasteiger partial charge in [-0.05, 0) is 86.2 Å². The van der Waals surface area contributed by atoms with Gasteiger partial charge in [0, 0.05) is 53.3 Å². The lowest BCUT2D eigenvalue weighted by Crippen LogP contribution is -2.33. The van der Waals surface area contributed by atoms with Gasteiger partial charge in [0.05, 0.1) is 0 Å². The number of rotatable bonds is 5. The summed E-state index contributed by atoms with van der Waals surface area (Å²) >= 11 is 0. The lowest BCUT2D eigenvalue weighted by Gasteiger charge is -2.23. The van der Waals surface area contributed by atoms with Gasteiger partial charge >= 0.3 is 0 Å². The molecule has 0 saturated heterocycles. The minimum atomic E-state index is -0.199. The predicted octanol–water partition coefficient (Wildman–Crippen LogP) is 4.52. The van der Waals surface area contributed by atoms with Crippen LogP contribution in [0.3, 0.4) is 0 Å². The largest absolute Gasteiger partial charge is 0.398 e. The van der Waals surface area contributed by atoms with Crippen molar-refractivity contribution in [2.45, 2.75) is 51.5 Å². The smallest absolute Gasteiger partial charge is 0.249 e. The SMILES string of the molecule is Cc1ccncc1-c1cc(N)c2cnc(NC(=O)C=C3CCC(C(=O)NC4CC4)CC3)cc2c1. The van der Waals surface area contributed by atoms with Gasteiger partial charge in [0.25, 0.3) is 0 Å². The van der Waals surface area contributed by atoms with Crippen molar-refractivity contribution in [3.05, 3.63) is 60.1 Å². The third-order valence-electron chi connectivity index (χ3n) is 6.73. The second kappa shape index (κ2) is 9.25. The van der Waals surface area contributed by atoms with Gasteiger partial charge in [-0.25, -0.2) is 4.98 Å². The highest BCUT2D eigenvalue weighted by Gasteiger charge is 2.29. The van der Waals surface area contributed by atoms with Crippen molar-refractivity contribution in [3.63, 3.8) is 0 Å². The Morgan fingerprint density at radius 1 is 1.09 bits per heavy atom. The summed E-state index contributed by atoms with van der Waals surface area (Å²) in [5.74, 6) is 0.513. The van der Waals surface area contributed by atoms with E-state index in [1.165, 1.54) is 0 Å². The van der Waals surface area contributed by atoms with Crippen molar-refractivity contribution >= 4 is 34.1 Å². The number of nitrogens with zero attached hydrogens (tertiary/aromatic N) is 2. The van der Waals surface area contributed by atoms with Gasteiger partial charge in [0.15, 0.2) is 0 Å². The van der Waals surface area contributed by atoms with Crippen molar-refractivity contribution in [1.29, 1.82) is 0 Å². The third-order valence-corrected chi connectivity index (χ3v) is 6.73. The fourth-order valence-corrected chi connectivity index (χ4v) is 4.57. The Kier molecular flexibility index (Phi) is 6.01. The van der Waals surface area contributed by atoms with E-state index in [2.05, 4.69) is 20.6 Å².